The van der Waals surface area contributed by atoms with Gasteiger partial charge in [-0.05, 0) is 32.1 Å². The van der Waals surface area contributed by atoms with E-state index in [0.29, 0.717) is 37.9 Å². The quantitative estimate of drug-likeness (QED) is 0.0333. The third kappa shape index (κ3) is 43.3. The first kappa shape index (κ1) is 60.6. The van der Waals surface area contributed by atoms with Gasteiger partial charge in [0.05, 0.1) is 5.75 Å². The van der Waals surface area contributed by atoms with Crippen molar-refractivity contribution >= 4 is 51.6 Å². The van der Waals surface area contributed by atoms with E-state index in [2.05, 4.69) is 23.9 Å². The topological polar surface area (TPSA) is 202 Å². The molecule has 0 aromatic heterocycles. The monoisotopic (exact) mass is 935 g/mol. The Kier molecular flexibility index (Phi) is 41.8. The highest BCUT2D eigenvalue weighted by molar-refractivity contribution is 8.00. The van der Waals surface area contributed by atoms with E-state index in [1.807, 2.05) is 0 Å². The molecule has 0 saturated heterocycles. The molecule has 0 aromatic rings. The van der Waals surface area contributed by atoms with Crippen molar-refractivity contribution in [2.75, 3.05) is 30.4 Å². The first-order valence-electron chi connectivity index (χ1n) is 25.0. The zero-order valence-electron chi connectivity index (χ0n) is 39.6. The maximum atomic E-state index is 12.8. The molecule has 1 amide bonds. The Morgan fingerprint density at radius 3 is 1.44 bits per heavy atom. The molecule has 0 aliphatic rings. The van der Waals surface area contributed by atoms with Gasteiger partial charge in [0.1, 0.15) is 18.8 Å². The third-order valence-corrected chi connectivity index (χ3v) is 13.9. The SMILES string of the molecule is CCCCCCCCCCCCCCCC(=O)OCC(CSCCS(=O)(=O)NCCCCCC(=O)N[C@@H](CCC(=O)O)C(=O)O)OC(=O)CCCCCCCCCCCCCCC. The first-order valence-corrected chi connectivity index (χ1v) is 27.8. The van der Waals surface area contributed by atoms with Crippen molar-refractivity contribution in [3.05, 3.63) is 0 Å². The summed E-state index contributed by atoms with van der Waals surface area (Å²) in [6.45, 7) is 4.61. The number of ether oxygens (including phenoxy) is 2. The number of carbonyl (C=O) groups is 5. The highest BCUT2D eigenvalue weighted by Crippen LogP contribution is 2.16. The van der Waals surface area contributed by atoms with E-state index in [-0.39, 0.29) is 55.9 Å². The Morgan fingerprint density at radius 2 is 0.984 bits per heavy atom. The zero-order chi connectivity index (χ0) is 46.7. The lowest BCUT2D eigenvalue weighted by Gasteiger charge is -2.18. The summed E-state index contributed by atoms with van der Waals surface area (Å²) in [6.07, 6.45) is 32.4. The van der Waals surface area contributed by atoms with Gasteiger partial charge in [0.2, 0.25) is 15.9 Å². The van der Waals surface area contributed by atoms with Gasteiger partial charge in [0.15, 0.2) is 0 Å². The second kappa shape index (κ2) is 43.5. The van der Waals surface area contributed by atoms with Gasteiger partial charge in [-0.3, -0.25) is 19.2 Å². The van der Waals surface area contributed by atoms with Gasteiger partial charge in [-0.2, -0.15) is 11.8 Å². The van der Waals surface area contributed by atoms with E-state index in [9.17, 15) is 37.5 Å². The molecule has 0 spiro atoms. The maximum absolute atomic E-state index is 12.8. The largest absolute Gasteiger partial charge is 0.481 e. The molecule has 0 aromatic carbocycles. The van der Waals surface area contributed by atoms with E-state index >= 15 is 0 Å². The van der Waals surface area contributed by atoms with E-state index < -0.39 is 40.0 Å². The fraction of sp³-hybridized carbons (Fsp3) is 0.896. The summed E-state index contributed by atoms with van der Waals surface area (Å²) in [7, 11) is -3.59. The van der Waals surface area contributed by atoms with Crippen LogP contribution < -0.4 is 10.0 Å². The molecule has 15 heteroatoms. The van der Waals surface area contributed by atoms with Crippen LogP contribution >= 0.6 is 11.8 Å². The van der Waals surface area contributed by atoms with Crippen LogP contribution in [0.15, 0.2) is 0 Å². The predicted molar refractivity (Wildman–Crippen MR) is 255 cm³/mol. The summed E-state index contributed by atoms with van der Waals surface area (Å²) in [5.74, 6) is -3.19. The Morgan fingerprint density at radius 1 is 0.556 bits per heavy atom. The smallest absolute Gasteiger partial charge is 0.326 e. The Hall–Kier alpha value is -2.39. The van der Waals surface area contributed by atoms with E-state index in [4.69, 9.17) is 14.6 Å². The van der Waals surface area contributed by atoms with Crippen molar-refractivity contribution in [2.45, 2.75) is 244 Å². The predicted octanol–water partition coefficient (Wildman–Crippen LogP) is 11.1. The van der Waals surface area contributed by atoms with Gasteiger partial charge >= 0.3 is 23.9 Å². The van der Waals surface area contributed by atoms with Crippen molar-refractivity contribution in [2.24, 2.45) is 0 Å². The molecule has 0 heterocycles. The maximum Gasteiger partial charge on any atom is 0.326 e. The number of hydrogen-bond donors (Lipinski definition) is 4. The molecule has 2 atom stereocenters. The number of carboxylic acid groups (broad SMARTS) is 2. The number of sulfonamides is 1. The van der Waals surface area contributed by atoms with Crippen molar-refractivity contribution in [3.63, 3.8) is 0 Å². The van der Waals surface area contributed by atoms with Gasteiger partial charge < -0.3 is 25.0 Å². The molecule has 0 rings (SSSR count). The summed E-state index contributed by atoms with van der Waals surface area (Å²) in [5.41, 5.74) is 0. The Bertz CT molecular complexity index is 1270. The van der Waals surface area contributed by atoms with Crippen LogP contribution in [0.25, 0.3) is 0 Å². The van der Waals surface area contributed by atoms with Gasteiger partial charge in [-0.1, -0.05) is 174 Å². The lowest BCUT2D eigenvalue weighted by Crippen LogP contribution is -2.41. The minimum atomic E-state index is -3.59. The molecule has 0 bridgehead atoms. The Balaban J connectivity index is 4.57. The minimum absolute atomic E-state index is 0.0418. The van der Waals surface area contributed by atoms with Crippen LogP contribution in [0.1, 0.15) is 232 Å². The third-order valence-electron chi connectivity index (χ3n) is 11.2. The molecule has 0 fully saturated rings. The number of nitrogens with one attached hydrogen (secondary N) is 2. The molecule has 370 valence electrons. The summed E-state index contributed by atoms with van der Waals surface area (Å²) in [5, 5.41) is 20.3. The van der Waals surface area contributed by atoms with Crippen molar-refractivity contribution < 1.29 is 52.1 Å². The number of esters is 2. The number of carboxylic acids is 2. The van der Waals surface area contributed by atoms with E-state index in [1.165, 1.54) is 140 Å². The number of amides is 1. The van der Waals surface area contributed by atoms with Crippen LogP contribution in [0.3, 0.4) is 0 Å². The fourth-order valence-corrected chi connectivity index (χ4v) is 9.80. The van der Waals surface area contributed by atoms with Crippen LogP contribution in [0.2, 0.25) is 0 Å². The first-order chi connectivity index (χ1) is 30.4. The minimum Gasteiger partial charge on any atom is -0.481 e. The molecule has 13 nitrogen and oxygen atoms in total. The molecule has 63 heavy (non-hydrogen) atoms. The van der Waals surface area contributed by atoms with Crippen LogP contribution in [-0.4, -0.2) is 91.0 Å². The van der Waals surface area contributed by atoms with Gasteiger partial charge in [-0.25, -0.2) is 17.9 Å². The second-order valence-corrected chi connectivity index (χ2v) is 20.3. The Labute approximate surface area is 386 Å². The zero-order valence-corrected chi connectivity index (χ0v) is 41.3. The van der Waals surface area contributed by atoms with Crippen LogP contribution in [0.4, 0.5) is 0 Å². The average molecular weight is 935 g/mol. The van der Waals surface area contributed by atoms with Gasteiger partial charge in [0.25, 0.3) is 0 Å². The molecule has 0 aliphatic heterocycles. The van der Waals surface area contributed by atoms with Crippen molar-refractivity contribution in [1.29, 1.82) is 0 Å². The highest BCUT2D eigenvalue weighted by atomic mass is 32.2. The molecular weight excluding hydrogens is 845 g/mol. The summed E-state index contributed by atoms with van der Waals surface area (Å²) in [6, 6.07) is -1.27. The van der Waals surface area contributed by atoms with Crippen LogP contribution in [-0.2, 0) is 43.5 Å². The highest BCUT2D eigenvalue weighted by Gasteiger charge is 2.21. The lowest BCUT2D eigenvalue weighted by molar-refractivity contribution is -0.157. The number of rotatable bonds is 48. The molecular formula is C48H90N2O11S2. The van der Waals surface area contributed by atoms with Crippen LogP contribution in [0.5, 0.6) is 0 Å². The molecule has 0 aliphatic carbocycles. The molecule has 0 saturated carbocycles. The van der Waals surface area contributed by atoms with Crippen LogP contribution in [0, 0.1) is 0 Å². The fourth-order valence-electron chi connectivity index (χ4n) is 7.26. The summed E-state index contributed by atoms with van der Waals surface area (Å²) >= 11 is 1.32. The number of unbranched alkanes of at least 4 members (excludes halogenated alkanes) is 26. The average Bonchev–Trinajstić information content (AvgIpc) is 3.24. The second-order valence-electron chi connectivity index (χ2n) is 17.3. The van der Waals surface area contributed by atoms with Crippen molar-refractivity contribution in [3.8, 4) is 0 Å². The summed E-state index contributed by atoms with van der Waals surface area (Å²) < 4.78 is 39.1. The standard InChI is InChI=1S/C48H90N2O11S2/c1-3-5-7-9-11-13-15-17-19-21-23-25-29-33-46(54)60-40-42(61-47(55)34-30-26-24-22-20-18-16-14-12-10-8-6-4-2)41-62-38-39-63(58,59)49-37-31-27-28-32-44(51)50-43(48(56)57)35-36-45(52)53/h42-43,49H,3-41H2,1-2H3,(H,50,51)(H,52,53)(H,56,57)/t42?,43-/m0/s1. The lowest BCUT2D eigenvalue weighted by atomic mass is 10.0. The molecule has 1 unspecified atom stereocenters. The molecule has 0 radical (unpaired) electrons. The van der Waals surface area contributed by atoms with E-state index in [1.54, 1.807) is 0 Å². The van der Waals surface area contributed by atoms with Gasteiger partial charge in [0, 0.05) is 43.7 Å². The molecule has 4 N–H and O–H groups in total. The number of hydrogen-bond acceptors (Lipinski definition) is 10. The number of thioether (sulfide) groups is 1. The van der Waals surface area contributed by atoms with Crippen molar-refractivity contribution in [1.82, 2.24) is 10.0 Å². The number of carbonyl (C=O) groups excluding carboxylic acids is 3. The normalized spacial score (nSPS) is 12.5. The summed E-state index contributed by atoms with van der Waals surface area (Å²) in [4.78, 5) is 59.5. The van der Waals surface area contributed by atoms with Gasteiger partial charge in [-0.15, -0.1) is 0 Å². The number of aliphatic carboxylic acids is 2. The van der Waals surface area contributed by atoms with E-state index in [0.717, 1.165) is 38.5 Å².